The van der Waals surface area contributed by atoms with Gasteiger partial charge in [0.1, 0.15) is 11.8 Å². The minimum absolute atomic E-state index is 0.104. The van der Waals surface area contributed by atoms with Crippen LogP contribution in [0.4, 0.5) is 5.69 Å². The zero-order chi connectivity index (χ0) is 28.2. The lowest BCUT2D eigenvalue weighted by atomic mass is 9.84. The summed E-state index contributed by atoms with van der Waals surface area (Å²) in [5, 5.41) is 15.6. The number of methoxy groups -OCH3 is 1. The van der Waals surface area contributed by atoms with E-state index in [-0.39, 0.29) is 28.7 Å². The summed E-state index contributed by atoms with van der Waals surface area (Å²) in [7, 11) is 1.45. The minimum atomic E-state index is -0.397. The number of rotatable bonds is 6. The zero-order valence-electron chi connectivity index (χ0n) is 23.1. The smallest absolute Gasteiger partial charge is 0.259 e. The molecular formula is C31H34N4O4. The van der Waals surface area contributed by atoms with Crippen molar-refractivity contribution >= 4 is 17.5 Å². The monoisotopic (exact) mass is 526 g/mol. The molecule has 0 saturated carbocycles. The van der Waals surface area contributed by atoms with Crippen LogP contribution in [-0.2, 0) is 10.2 Å². The Morgan fingerprint density at radius 3 is 2.38 bits per heavy atom. The number of nitrogens with one attached hydrogen (secondary N) is 2. The highest BCUT2D eigenvalue weighted by Crippen LogP contribution is 2.32. The van der Waals surface area contributed by atoms with E-state index in [1.54, 1.807) is 30.5 Å². The van der Waals surface area contributed by atoms with E-state index in [2.05, 4.69) is 21.7 Å². The second-order valence-corrected chi connectivity index (χ2v) is 10.7. The summed E-state index contributed by atoms with van der Waals surface area (Å²) >= 11 is 0. The van der Waals surface area contributed by atoms with Crippen molar-refractivity contribution in [2.75, 3.05) is 25.6 Å². The largest absolute Gasteiger partial charge is 0.495 e. The van der Waals surface area contributed by atoms with Gasteiger partial charge in [0.2, 0.25) is 0 Å². The number of carbonyl (C=O) groups is 2. The molecule has 0 aliphatic carbocycles. The highest BCUT2D eigenvalue weighted by Gasteiger charge is 2.23. The van der Waals surface area contributed by atoms with E-state index in [1.807, 2.05) is 45.9 Å². The van der Waals surface area contributed by atoms with Crippen LogP contribution in [0.3, 0.4) is 0 Å². The van der Waals surface area contributed by atoms with E-state index in [4.69, 9.17) is 9.47 Å². The van der Waals surface area contributed by atoms with Gasteiger partial charge in [-0.25, -0.2) is 0 Å². The number of nitrogens with zero attached hydrogens (tertiary/aromatic N) is 2. The molecule has 1 aliphatic heterocycles. The third-order valence-corrected chi connectivity index (χ3v) is 6.88. The Balaban J connectivity index is 1.56. The molecule has 8 heteroatoms. The molecule has 4 rings (SSSR count). The van der Waals surface area contributed by atoms with E-state index >= 15 is 0 Å². The van der Waals surface area contributed by atoms with Crippen molar-refractivity contribution in [2.45, 2.75) is 52.0 Å². The zero-order valence-corrected chi connectivity index (χ0v) is 23.1. The van der Waals surface area contributed by atoms with Gasteiger partial charge in [-0.05, 0) is 66.6 Å². The van der Waals surface area contributed by atoms with Crippen molar-refractivity contribution in [2.24, 2.45) is 0 Å². The predicted octanol–water partition coefficient (Wildman–Crippen LogP) is 5.40. The third kappa shape index (κ3) is 6.44. The number of anilines is 1. The molecule has 0 bridgehead atoms. The summed E-state index contributed by atoms with van der Waals surface area (Å²) in [6, 6.07) is 15.0. The predicted molar refractivity (Wildman–Crippen MR) is 150 cm³/mol. The first kappa shape index (κ1) is 27.8. The number of nitriles is 1. The molecule has 0 spiro atoms. The number of amides is 2. The van der Waals surface area contributed by atoms with E-state index in [9.17, 15) is 14.9 Å². The summed E-state index contributed by atoms with van der Waals surface area (Å²) < 4.78 is 10.8. The van der Waals surface area contributed by atoms with Crippen molar-refractivity contribution < 1.29 is 19.1 Å². The number of benzene rings is 2. The van der Waals surface area contributed by atoms with Crippen molar-refractivity contribution in [3.05, 3.63) is 76.6 Å². The molecule has 0 atom stereocenters. The van der Waals surface area contributed by atoms with Crippen LogP contribution in [0, 0.1) is 18.3 Å². The number of hydrogen-bond donors (Lipinski definition) is 2. The molecule has 1 aliphatic rings. The summed E-state index contributed by atoms with van der Waals surface area (Å²) in [5.74, 6) is -0.267. The molecule has 3 aromatic rings. The highest BCUT2D eigenvalue weighted by atomic mass is 16.5. The third-order valence-electron chi connectivity index (χ3n) is 6.88. The average molecular weight is 527 g/mol. The standard InChI is InChI=1S/C31H34N4O4/c1-19-26(20-6-8-21(9-7-20)29(36)34-24-10-12-39-13-11-24)16-25(18-33-19)35-30(37)27-15-23(31(2,3)4)14-22(17-32)28(27)38-5/h6-9,14-16,18,24H,10-13H2,1-5H3,(H,34,36)(H,35,37). The Morgan fingerprint density at radius 1 is 1.08 bits per heavy atom. The summed E-state index contributed by atoms with van der Waals surface area (Å²) in [4.78, 5) is 30.5. The lowest BCUT2D eigenvalue weighted by molar-refractivity contribution is 0.0696. The molecule has 1 aromatic heterocycles. The SMILES string of the molecule is COc1c(C#N)cc(C(C)(C)C)cc1C(=O)Nc1cnc(C)c(-c2ccc(C(=O)NC3CCOCC3)cc2)c1. The molecule has 2 amide bonds. The maximum absolute atomic E-state index is 13.4. The molecule has 202 valence electrons. The Labute approximate surface area is 229 Å². The molecule has 2 N–H and O–H groups in total. The van der Waals surface area contributed by atoms with Crippen LogP contribution in [0.15, 0.2) is 48.7 Å². The summed E-state index contributed by atoms with van der Waals surface area (Å²) in [5.41, 5.74) is 4.75. The second-order valence-electron chi connectivity index (χ2n) is 10.7. The molecule has 2 aromatic carbocycles. The number of aryl methyl sites for hydroxylation is 1. The second kappa shape index (κ2) is 11.7. The topological polar surface area (TPSA) is 113 Å². The van der Waals surface area contributed by atoms with Gasteiger partial charge in [0.05, 0.1) is 30.1 Å². The van der Waals surface area contributed by atoms with E-state index in [0.717, 1.165) is 35.2 Å². The Bertz CT molecular complexity index is 1410. The molecular weight excluding hydrogens is 492 g/mol. The number of aromatic nitrogens is 1. The summed E-state index contributed by atoms with van der Waals surface area (Å²) in [6.07, 6.45) is 3.23. The van der Waals surface area contributed by atoms with Crippen LogP contribution in [-0.4, -0.2) is 43.2 Å². The maximum atomic E-state index is 13.4. The summed E-state index contributed by atoms with van der Waals surface area (Å²) in [6.45, 7) is 9.28. The van der Waals surface area contributed by atoms with Gasteiger partial charge >= 0.3 is 0 Å². The van der Waals surface area contributed by atoms with E-state index in [1.165, 1.54) is 7.11 Å². The number of carbonyl (C=O) groups excluding carboxylic acids is 2. The van der Waals surface area contributed by atoms with Gasteiger partial charge in [-0.3, -0.25) is 14.6 Å². The van der Waals surface area contributed by atoms with Gasteiger partial charge in [0.25, 0.3) is 11.8 Å². The van der Waals surface area contributed by atoms with E-state index in [0.29, 0.717) is 30.0 Å². The number of ether oxygens (including phenoxy) is 2. The lowest BCUT2D eigenvalue weighted by Crippen LogP contribution is -2.38. The number of pyridine rings is 1. The molecule has 1 saturated heterocycles. The first-order valence-corrected chi connectivity index (χ1v) is 13.0. The van der Waals surface area contributed by atoms with Crippen molar-refractivity contribution in [1.29, 1.82) is 5.26 Å². The van der Waals surface area contributed by atoms with Gasteiger partial charge in [-0.2, -0.15) is 5.26 Å². The van der Waals surface area contributed by atoms with Crippen LogP contribution in [0.2, 0.25) is 0 Å². The van der Waals surface area contributed by atoms with Crippen LogP contribution < -0.4 is 15.4 Å². The average Bonchev–Trinajstić information content (AvgIpc) is 2.93. The van der Waals surface area contributed by atoms with E-state index < -0.39 is 5.91 Å². The van der Waals surface area contributed by atoms with Crippen LogP contribution in [0.1, 0.15) is 71.1 Å². The maximum Gasteiger partial charge on any atom is 0.259 e. The Morgan fingerprint density at radius 2 is 1.77 bits per heavy atom. The van der Waals surface area contributed by atoms with Crippen molar-refractivity contribution in [1.82, 2.24) is 10.3 Å². The highest BCUT2D eigenvalue weighted by molar-refractivity contribution is 6.07. The van der Waals surface area contributed by atoms with Crippen LogP contribution in [0.5, 0.6) is 5.75 Å². The molecule has 0 unspecified atom stereocenters. The van der Waals surface area contributed by atoms with Crippen LogP contribution >= 0.6 is 0 Å². The fraction of sp³-hybridized carbons (Fsp3) is 0.355. The van der Waals surface area contributed by atoms with Crippen molar-refractivity contribution in [3.8, 4) is 22.9 Å². The number of hydrogen-bond acceptors (Lipinski definition) is 6. The van der Waals surface area contributed by atoms with Crippen molar-refractivity contribution in [3.63, 3.8) is 0 Å². The fourth-order valence-electron chi connectivity index (χ4n) is 4.54. The Hall–Kier alpha value is -4.22. The minimum Gasteiger partial charge on any atom is -0.495 e. The molecule has 2 heterocycles. The molecule has 1 fully saturated rings. The molecule has 0 radical (unpaired) electrons. The first-order chi connectivity index (χ1) is 18.6. The normalized spacial score (nSPS) is 13.8. The van der Waals surface area contributed by atoms with Gasteiger partial charge < -0.3 is 20.1 Å². The first-order valence-electron chi connectivity index (χ1n) is 13.0. The van der Waals surface area contributed by atoms with Gasteiger partial charge in [0.15, 0.2) is 0 Å². The quantitative estimate of drug-likeness (QED) is 0.445. The lowest BCUT2D eigenvalue weighted by Gasteiger charge is -2.23. The molecule has 39 heavy (non-hydrogen) atoms. The van der Waals surface area contributed by atoms with Gasteiger partial charge in [-0.1, -0.05) is 32.9 Å². The van der Waals surface area contributed by atoms with Crippen LogP contribution in [0.25, 0.3) is 11.1 Å². The fourth-order valence-corrected chi connectivity index (χ4v) is 4.54. The van der Waals surface area contributed by atoms with Gasteiger partial charge in [-0.15, -0.1) is 0 Å². The van der Waals surface area contributed by atoms with Gasteiger partial charge in [0, 0.05) is 36.1 Å². The molecule has 8 nitrogen and oxygen atoms in total. The Kier molecular flexibility index (Phi) is 8.32.